The second kappa shape index (κ2) is 3.19. The summed E-state index contributed by atoms with van der Waals surface area (Å²) in [5.74, 6) is -0.126. The van der Waals surface area contributed by atoms with Crippen LogP contribution >= 0.6 is 0 Å². The normalized spacial score (nSPS) is 30.1. The smallest absolute Gasteiger partial charge is 0.306 e. The standard InChI is InChI=1S/C12H15NO2/c14-12(15)8-3-4-9-6-13-11(7-1-2-7)10(9)5-8/h7-8H,1-6H2,(H,14,15). The highest BCUT2D eigenvalue weighted by molar-refractivity contribution is 6.06. The monoisotopic (exact) mass is 205 g/mol. The Morgan fingerprint density at radius 2 is 2.13 bits per heavy atom. The Morgan fingerprint density at radius 1 is 1.33 bits per heavy atom. The van der Waals surface area contributed by atoms with Crippen molar-refractivity contribution in [1.82, 2.24) is 0 Å². The van der Waals surface area contributed by atoms with E-state index in [1.54, 1.807) is 0 Å². The summed E-state index contributed by atoms with van der Waals surface area (Å²) in [4.78, 5) is 15.6. The van der Waals surface area contributed by atoms with Crippen LogP contribution in [0.2, 0.25) is 0 Å². The van der Waals surface area contributed by atoms with Crippen LogP contribution in [0.25, 0.3) is 0 Å². The van der Waals surface area contributed by atoms with Gasteiger partial charge < -0.3 is 5.11 Å². The molecule has 1 aliphatic heterocycles. The molecule has 0 aromatic heterocycles. The molecule has 80 valence electrons. The molecule has 1 heterocycles. The first-order valence-electron chi connectivity index (χ1n) is 5.74. The second-order valence-electron chi connectivity index (χ2n) is 4.84. The van der Waals surface area contributed by atoms with E-state index in [1.807, 2.05) is 0 Å². The number of rotatable bonds is 2. The van der Waals surface area contributed by atoms with Crippen LogP contribution in [-0.2, 0) is 4.79 Å². The molecule has 1 atom stereocenters. The summed E-state index contributed by atoms with van der Waals surface area (Å²) >= 11 is 0. The van der Waals surface area contributed by atoms with Crippen molar-refractivity contribution in [3.05, 3.63) is 11.1 Å². The molecule has 0 radical (unpaired) electrons. The number of allylic oxidation sites excluding steroid dienone is 1. The van der Waals surface area contributed by atoms with E-state index in [1.165, 1.54) is 29.7 Å². The quantitative estimate of drug-likeness (QED) is 0.749. The number of hydrogen-bond donors (Lipinski definition) is 1. The Labute approximate surface area is 88.9 Å². The van der Waals surface area contributed by atoms with Crippen LogP contribution in [0.15, 0.2) is 16.1 Å². The summed E-state index contributed by atoms with van der Waals surface area (Å²) in [5.41, 5.74) is 4.00. The number of nitrogens with zero attached hydrogens (tertiary/aromatic N) is 1. The van der Waals surface area contributed by atoms with Gasteiger partial charge >= 0.3 is 5.97 Å². The third kappa shape index (κ3) is 1.50. The van der Waals surface area contributed by atoms with Crippen LogP contribution in [0.1, 0.15) is 32.1 Å². The van der Waals surface area contributed by atoms with E-state index in [4.69, 9.17) is 5.11 Å². The van der Waals surface area contributed by atoms with Crippen LogP contribution in [0, 0.1) is 11.8 Å². The molecule has 1 fully saturated rings. The van der Waals surface area contributed by atoms with Crippen molar-refractivity contribution in [2.75, 3.05) is 6.54 Å². The molecule has 3 heteroatoms. The van der Waals surface area contributed by atoms with Crippen molar-refractivity contribution in [1.29, 1.82) is 0 Å². The maximum atomic E-state index is 11.0. The zero-order chi connectivity index (χ0) is 10.4. The van der Waals surface area contributed by atoms with Gasteiger partial charge in [-0.3, -0.25) is 9.79 Å². The highest BCUT2D eigenvalue weighted by atomic mass is 16.4. The predicted octanol–water partition coefficient (Wildman–Crippen LogP) is 2.03. The fourth-order valence-electron chi connectivity index (χ4n) is 2.67. The van der Waals surface area contributed by atoms with Crippen molar-refractivity contribution >= 4 is 11.7 Å². The van der Waals surface area contributed by atoms with Crippen molar-refractivity contribution in [2.45, 2.75) is 32.1 Å². The Balaban J connectivity index is 1.83. The lowest BCUT2D eigenvalue weighted by atomic mass is 9.82. The van der Waals surface area contributed by atoms with Crippen molar-refractivity contribution in [3.8, 4) is 0 Å². The van der Waals surface area contributed by atoms with Crippen LogP contribution in [0.4, 0.5) is 0 Å². The number of carboxylic acids is 1. The van der Waals surface area contributed by atoms with Gasteiger partial charge in [-0.15, -0.1) is 0 Å². The number of carbonyl (C=O) groups is 1. The van der Waals surface area contributed by atoms with Crippen LogP contribution < -0.4 is 0 Å². The van der Waals surface area contributed by atoms with Crippen LogP contribution in [0.5, 0.6) is 0 Å². The summed E-state index contributed by atoms with van der Waals surface area (Å²) < 4.78 is 0. The van der Waals surface area contributed by atoms with E-state index in [0.29, 0.717) is 5.92 Å². The number of carboxylic acid groups (broad SMARTS) is 1. The van der Waals surface area contributed by atoms with Crippen molar-refractivity contribution in [2.24, 2.45) is 16.8 Å². The largest absolute Gasteiger partial charge is 0.481 e. The van der Waals surface area contributed by atoms with E-state index in [9.17, 15) is 4.79 Å². The van der Waals surface area contributed by atoms with E-state index < -0.39 is 5.97 Å². The summed E-state index contributed by atoms with van der Waals surface area (Å²) in [5, 5.41) is 9.04. The molecule has 3 nitrogen and oxygen atoms in total. The van der Waals surface area contributed by atoms with Crippen LogP contribution in [0.3, 0.4) is 0 Å². The summed E-state index contributed by atoms with van der Waals surface area (Å²) in [6, 6.07) is 0. The van der Waals surface area contributed by atoms with Gasteiger partial charge in [0.25, 0.3) is 0 Å². The molecule has 1 unspecified atom stereocenters. The molecule has 0 saturated heterocycles. The average molecular weight is 205 g/mol. The molecule has 0 spiro atoms. The van der Waals surface area contributed by atoms with Gasteiger partial charge in [0.2, 0.25) is 0 Å². The SMILES string of the molecule is O=C(O)C1CCC2=C(C1)C(C1CC1)=NC2. The topological polar surface area (TPSA) is 49.7 Å². The molecule has 3 rings (SSSR count). The lowest BCUT2D eigenvalue weighted by Gasteiger charge is -2.21. The Morgan fingerprint density at radius 3 is 2.80 bits per heavy atom. The fourth-order valence-corrected chi connectivity index (χ4v) is 2.67. The molecule has 15 heavy (non-hydrogen) atoms. The Kier molecular flexibility index (Phi) is 1.94. The summed E-state index contributed by atoms with van der Waals surface area (Å²) in [6.07, 6.45) is 5.01. The zero-order valence-corrected chi connectivity index (χ0v) is 8.70. The molecule has 0 aromatic carbocycles. The van der Waals surface area contributed by atoms with Crippen LogP contribution in [-0.4, -0.2) is 23.3 Å². The summed E-state index contributed by atoms with van der Waals surface area (Å²) in [6.45, 7) is 0.855. The molecular weight excluding hydrogens is 190 g/mol. The Bertz CT molecular complexity index is 377. The van der Waals surface area contributed by atoms with E-state index >= 15 is 0 Å². The minimum absolute atomic E-state index is 0.161. The first-order chi connectivity index (χ1) is 7.25. The van der Waals surface area contributed by atoms with Gasteiger partial charge in [-0.2, -0.15) is 0 Å². The van der Waals surface area contributed by atoms with E-state index in [0.717, 1.165) is 25.8 Å². The first kappa shape index (κ1) is 9.13. The molecule has 3 aliphatic rings. The van der Waals surface area contributed by atoms with E-state index in [2.05, 4.69) is 4.99 Å². The number of hydrogen-bond acceptors (Lipinski definition) is 2. The minimum atomic E-state index is -0.636. The number of aliphatic carboxylic acids is 1. The highest BCUT2D eigenvalue weighted by Crippen LogP contribution is 2.42. The minimum Gasteiger partial charge on any atom is -0.481 e. The second-order valence-corrected chi connectivity index (χ2v) is 4.84. The van der Waals surface area contributed by atoms with Gasteiger partial charge in [-0.25, -0.2) is 0 Å². The van der Waals surface area contributed by atoms with Crippen molar-refractivity contribution < 1.29 is 9.90 Å². The molecular formula is C12H15NO2. The van der Waals surface area contributed by atoms with Gasteiger partial charge in [0.15, 0.2) is 0 Å². The lowest BCUT2D eigenvalue weighted by molar-refractivity contribution is -0.142. The molecule has 0 bridgehead atoms. The van der Waals surface area contributed by atoms with E-state index in [-0.39, 0.29) is 5.92 Å². The molecule has 0 aromatic rings. The van der Waals surface area contributed by atoms with Gasteiger partial charge in [-0.1, -0.05) is 0 Å². The van der Waals surface area contributed by atoms with Gasteiger partial charge in [0.05, 0.1) is 12.5 Å². The predicted molar refractivity (Wildman–Crippen MR) is 57.0 cm³/mol. The van der Waals surface area contributed by atoms with Gasteiger partial charge in [0, 0.05) is 11.6 Å². The van der Waals surface area contributed by atoms with Gasteiger partial charge in [0.1, 0.15) is 0 Å². The number of aliphatic imine (C=N–C) groups is 1. The average Bonchev–Trinajstić information content (AvgIpc) is 2.98. The third-order valence-corrected chi connectivity index (χ3v) is 3.73. The summed E-state index contributed by atoms with van der Waals surface area (Å²) in [7, 11) is 0. The van der Waals surface area contributed by atoms with Gasteiger partial charge in [-0.05, 0) is 43.3 Å². The lowest BCUT2D eigenvalue weighted by Crippen LogP contribution is -2.21. The molecule has 0 amide bonds. The third-order valence-electron chi connectivity index (χ3n) is 3.73. The molecule has 1 N–H and O–H groups in total. The highest BCUT2D eigenvalue weighted by Gasteiger charge is 2.37. The fraction of sp³-hybridized carbons (Fsp3) is 0.667. The molecule has 1 saturated carbocycles. The van der Waals surface area contributed by atoms with Crippen molar-refractivity contribution in [3.63, 3.8) is 0 Å². The Hall–Kier alpha value is -1.12. The first-order valence-corrected chi connectivity index (χ1v) is 5.74. The molecule has 2 aliphatic carbocycles. The maximum absolute atomic E-state index is 11.0. The maximum Gasteiger partial charge on any atom is 0.306 e. The zero-order valence-electron chi connectivity index (χ0n) is 8.70.